The summed E-state index contributed by atoms with van der Waals surface area (Å²) >= 11 is 0. The summed E-state index contributed by atoms with van der Waals surface area (Å²) in [5.41, 5.74) is 17.9. The van der Waals surface area contributed by atoms with E-state index < -0.39 is 5.41 Å². The van der Waals surface area contributed by atoms with Crippen LogP contribution in [0.4, 0.5) is 0 Å². The third kappa shape index (κ3) is 7.11. The van der Waals surface area contributed by atoms with Gasteiger partial charge in [-0.2, -0.15) is 0 Å². The summed E-state index contributed by atoms with van der Waals surface area (Å²) in [5, 5.41) is 2.28. The first-order valence-electron chi connectivity index (χ1n) is 24.9. The maximum absolute atomic E-state index is 5.81. The van der Waals surface area contributed by atoms with Crippen LogP contribution in [0.15, 0.2) is 206 Å². The highest BCUT2D eigenvalue weighted by Gasteiger charge is 2.43. The molecule has 12 heteroatoms. The molecule has 3 aromatic heterocycles. The van der Waals surface area contributed by atoms with Crippen LogP contribution < -0.4 is 27.3 Å². The Hall–Kier alpha value is -8.88. The molecule has 73 heavy (non-hydrogen) atoms. The fraction of sp³-hybridized carbons (Fsp3) is 0.0164. The van der Waals surface area contributed by atoms with E-state index in [4.69, 9.17) is 29.9 Å². The summed E-state index contributed by atoms with van der Waals surface area (Å²) in [4.78, 5) is 32.8. The molecule has 7 nitrogen and oxygen atoms in total. The molecular weight excluding hydrogens is 885 g/mol. The summed E-state index contributed by atoms with van der Waals surface area (Å²) in [6.07, 6.45) is 0. The number of hydrogen-bond donors (Lipinski definition) is 0. The van der Waals surface area contributed by atoms with E-state index >= 15 is 0 Å². The maximum atomic E-state index is 5.81. The zero-order valence-corrected chi connectivity index (χ0v) is 41.3. The Morgan fingerprint density at radius 1 is 0.315 bits per heavy atom. The van der Waals surface area contributed by atoms with Gasteiger partial charge in [0.1, 0.15) is 44.6 Å². The van der Waals surface area contributed by atoms with Crippen LogP contribution in [0, 0.1) is 0 Å². The van der Waals surface area contributed by atoms with Gasteiger partial charge >= 0.3 is 0 Å². The van der Waals surface area contributed by atoms with E-state index in [1.54, 1.807) is 0 Å². The van der Waals surface area contributed by atoms with Gasteiger partial charge in [0.05, 0.1) is 16.7 Å². The van der Waals surface area contributed by atoms with E-state index in [0.717, 1.165) is 94.1 Å². The SMILES string of the molecule is Bc1c(B)c(B)c(-c2nc3nc(n2)C(c2ccccc2)(c2ccccc2)c2ccc4c5ccc(-c6ccccc6)cc5n(c4c2)-c2ccc(-c4nc(-c5ccccc5)nc(-c5ccccc5)n4)cc2-3)c(B)c1B. The van der Waals surface area contributed by atoms with E-state index in [2.05, 4.69) is 189 Å². The molecule has 0 saturated carbocycles. The lowest BCUT2D eigenvalue weighted by molar-refractivity contribution is 0.675. The molecule has 4 bridgehead atoms. The van der Waals surface area contributed by atoms with Crippen LogP contribution in [0.2, 0.25) is 0 Å². The lowest BCUT2D eigenvalue weighted by atomic mass is 9.60. The third-order valence-electron chi connectivity index (χ3n) is 15.4. The normalized spacial score (nSPS) is 12.5. The van der Waals surface area contributed by atoms with Gasteiger partial charge in [-0.25, -0.2) is 29.9 Å². The van der Waals surface area contributed by atoms with Gasteiger partial charge in [-0.15, -0.1) is 16.4 Å². The van der Waals surface area contributed by atoms with Crippen molar-refractivity contribution in [2.75, 3.05) is 0 Å². The average molecular weight is 929 g/mol. The molecule has 1 aliphatic heterocycles. The van der Waals surface area contributed by atoms with Crippen molar-refractivity contribution in [1.82, 2.24) is 34.5 Å². The minimum absolute atomic E-state index is 0.539. The minimum atomic E-state index is -0.991. The molecule has 9 aromatic carbocycles. The molecular formula is C61H44B5N7. The Morgan fingerprint density at radius 2 is 0.753 bits per heavy atom. The number of benzene rings is 9. The Balaban J connectivity index is 1.20. The molecule has 0 saturated heterocycles. The van der Waals surface area contributed by atoms with Gasteiger partial charge in [0.15, 0.2) is 34.9 Å². The number of hydrogen-bond acceptors (Lipinski definition) is 6. The molecule has 0 N–H and O–H groups in total. The third-order valence-corrected chi connectivity index (χ3v) is 15.4. The fourth-order valence-corrected chi connectivity index (χ4v) is 11.2. The Morgan fingerprint density at radius 3 is 1.32 bits per heavy atom. The summed E-state index contributed by atoms with van der Waals surface area (Å²) in [6, 6.07) is 72.6. The standard InChI is InChI=1S/C61H44B5N7/c62-50-49(51(63)53(65)54(66)52(50)64)59-70-58-45-32-39(57-68-55(36-18-8-2-9-19-36)67-56(69-57)37-20-10-3-11-21-37)27-31-46(45)73-47-33-38(35-16-6-1-7-17-35)26-29-43(47)44-30-28-42(34-48(44)73)61(60(71-58)72-59,40-22-12-4-13-23-40)41-24-14-5-15-25-41/h1-34H,62-66H2. The number of fused-ring (bicyclic) bond motifs is 9. The van der Waals surface area contributed by atoms with Crippen LogP contribution in [-0.2, 0) is 5.41 Å². The fourth-order valence-electron chi connectivity index (χ4n) is 11.2. The van der Waals surface area contributed by atoms with Gasteiger partial charge in [0.25, 0.3) is 0 Å². The van der Waals surface area contributed by atoms with E-state index in [1.807, 2.05) is 60.7 Å². The van der Waals surface area contributed by atoms with Crippen LogP contribution in [0.25, 0.3) is 95.6 Å². The molecule has 0 spiro atoms. The second kappa shape index (κ2) is 17.5. The van der Waals surface area contributed by atoms with Crippen LogP contribution in [0.3, 0.4) is 0 Å². The van der Waals surface area contributed by atoms with Crippen molar-refractivity contribution < 1.29 is 0 Å². The molecule has 0 aliphatic carbocycles. The average Bonchev–Trinajstić information content (AvgIpc) is 3.78. The molecule has 1 aliphatic rings. The smallest absolute Gasteiger partial charge is 0.165 e. The Labute approximate surface area is 428 Å². The van der Waals surface area contributed by atoms with E-state index in [0.29, 0.717) is 34.9 Å². The summed E-state index contributed by atoms with van der Waals surface area (Å²) in [6.45, 7) is 0. The highest BCUT2D eigenvalue weighted by atomic mass is 15.1. The van der Waals surface area contributed by atoms with Crippen molar-refractivity contribution in [3.8, 4) is 73.8 Å². The van der Waals surface area contributed by atoms with Crippen LogP contribution in [-0.4, -0.2) is 73.7 Å². The molecule has 0 fully saturated rings. The van der Waals surface area contributed by atoms with Gasteiger partial charge in [0, 0.05) is 38.6 Å². The molecule has 13 rings (SSSR count). The highest BCUT2D eigenvalue weighted by Crippen LogP contribution is 2.48. The van der Waals surface area contributed by atoms with Gasteiger partial charge in [-0.1, -0.05) is 187 Å². The van der Waals surface area contributed by atoms with Crippen molar-refractivity contribution in [2.45, 2.75) is 5.41 Å². The predicted octanol–water partition coefficient (Wildman–Crippen LogP) is 5.14. The molecule has 0 radical (unpaired) electrons. The summed E-state index contributed by atoms with van der Waals surface area (Å²) in [7, 11) is 11.0. The Bertz CT molecular complexity index is 4010. The first-order valence-corrected chi connectivity index (χ1v) is 24.9. The lowest BCUT2D eigenvalue weighted by Crippen LogP contribution is -2.55. The van der Waals surface area contributed by atoms with Crippen molar-refractivity contribution in [3.05, 3.63) is 229 Å². The Kier molecular flexibility index (Phi) is 10.5. The second-order valence-electron chi connectivity index (χ2n) is 19.2. The molecule has 12 aromatic rings. The van der Waals surface area contributed by atoms with E-state index in [-0.39, 0.29) is 0 Å². The molecule has 0 atom stereocenters. The quantitative estimate of drug-likeness (QED) is 0.206. The number of nitrogens with zero attached hydrogens (tertiary/aromatic N) is 7. The van der Waals surface area contributed by atoms with Crippen LogP contribution in [0.1, 0.15) is 22.5 Å². The summed E-state index contributed by atoms with van der Waals surface area (Å²) < 4.78 is 2.42. The zero-order valence-electron chi connectivity index (χ0n) is 41.3. The van der Waals surface area contributed by atoms with Gasteiger partial charge < -0.3 is 4.57 Å². The second-order valence-corrected chi connectivity index (χ2v) is 19.2. The number of aromatic nitrogens is 7. The number of rotatable bonds is 7. The van der Waals surface area contributed by atoms with Gasteiger partial charge in [-0.05, 0) is 58.1 Å². The molecule has 4 heterocycles. The molecule has 0 unspecified atom stereocenters. The topological polar surface area (TPSA) is 82.3 Å². The first-order chi connectivity index (χ1) is 35.8. The minimum Gasteiger partial charge on any atom is -0.308 e. The first kappa shape index (κ1) is 44.1. The predicted molar refractivity (Wildman–Crippen MR) is 313 cm³/mol. The summed E-state index contributed by atoms with van der Waals surface area (Å²) in [5.74, 6) is 3.51. The van der Waals surface area contributed by atoms with Crippen LogP contribution >= 0.6 is 0 Å². The van der Waals surface area contributed by atoms with Crippen LogP contribution in [0.5, 0.6) is 0 Å². The van der Waals surface area contributed by atoms with E-state index in [9.17, 15) is 0 Å². The van der Waals surface area contributed by atoms with Gasteiger partial charge in [-0.3, -0.25) is 0 Å². The van der Waals surface area contributed by atoms with Crippen molar-refractivity contribution in [2.24, 2.45) is 0 Å². The lowest BCUT2D eigenvalue weighted by Gasteiger charge is -2.35. The van der Waals surface area contributed by atoms with Crippen molar-refractivity contribution in [1.29, 1.82) is 0 Å². The van der Waals surface area contributed by atoms with Gasteiger partial charge in [0.2, 0.25) is 0 Å². The van der Waals surface area contributed by atoms with Crippen molar-refractivity contribution in [3.63, 3.8) is 0 Å². The van der Waals surface area contributed by atoms with E-state index in [1.165, 1.54) is 16.4 Å². The molecule has 0 amide bonds. The highest BCUT2D eigenvalue weighted by molar-refractivity contribution is 6.68. The molecule has 338 valence electrons. The zero-order chi connectivity index (χ0) is 49.4. The monoisotopic (exact) mass is 929 g/mol. The van der Waals surface area contributed by atoms with Crippen molar-refractivity contribution >= 4 is 88.4 Å². The maximum Gasteiger partial charge on any atom is 0.165 e. The largest absolute Gasteiger partial charge is 0.308 e.